The third kappa shape index (κ3) is 4.82. The zero-order valence-electron chi connectivity index (χ0n) is 19.1. The summed E-state index contributed by atoms with van der Waals surface area (Å²) in [6.45, 7) is 6.08. The summed E-state index contributed by atoms with van der Waals surface area (Å²) in [4.78, 5) is 16.5. The lowest BCUT2D eigenvalue weighted by atomic mass is 10.1. The first-order chi connectivity index (χ1) is 16.3. The van der Waals surface area contributed by atoms with Gasteiger partial charge in [-0.3, -0.25) is 4.90 Å². The van der Waals surface area contributed by atoms with Crippen LogP contribution in [-0.4, -0.2) is 86.3 Å². The van der Waals surface area contributed by atoms with E-state index >= 15 is 0 Å². The fourth-order valence-corrected chi connectivity index (χ4v) is 6.22. The number of anilines is 3. The number of sulfonamides is 1. The second kappa shape index (κ2) is 9.27. The number of morpholine rings is 1. The van der Waals surface area contributed by atoms with E-state index in [2.05, 4.69) is 15.9 Å². The van der Waals surface area contributed by atoms with E-state index in [0.717, 1.165) is 41.2 Å². The minimum absolute atomic E-state index is 0.509. The zero-order valence-corrected chi connectivity index (χ0v) is 20.7. The van der Waals surface area contributed by atoms with Gasteiger partial charge in [0.15, 0.2) is 5.82 Å². The highest BCUT2D eigenvalue weighted by molar-refractivity contribution is 7.88. The normalized spacial score (nSPS) is 18.6. The fraction of sp³-hybridized carbons (Fsp3) is 0.455. The molecular formula is C22H29N7O3S2. The molecule has 3 aromatic rings. The van der Waals surface area contributed by atoms with Crippen LogP contribution in [0.15, 0.2) is 24.3 Å². The Morgan fingerprint density at radius 1 is 1.00 bits per heavy atom. The summed E-state index contributed by atoms with van der Waals surface area (Å²) in [6.07, 6.45) is 1.27. The molecular weight excluding hydrogens is 474 g/mol. The quantitative estimate of drug-likeness (QED) is 0.497. The zero-order chi connectivity index (χ0) is 23.9. The molecule has 182 valence electrons. The van der Waals surface area contributed by atoms with Gasteiger partial charge in [-0.1, -0.05) is 0 Å². The molecule has 2 saturated heterocycles. The topological polar surface area (TPSA) is 131 Å². The van der Waals surface area contributed by atoms with Gasteiger partial charge in [-0.15, -0.1) is 11.3 Å². The van der Waals surface area contributed by atoms with Crippen molar-refractivity contribution in [2.75, 3.05) is 75.1 Å². The number of thiophene rings is 1. The Kier molecular flexibility index (Phi) is 6.34. The lowest BCUT2D eigenvalue weighted by Gasteiger charge is -2.32. The summed E-state index contributed by atoms with van der Waals surface area (Å²) in [5.74, 6) is 1.53. The number of ether oxygens (including phenoxy) is 1. The molecule has 0 radical (unpaired) electrons. The van der Waals surface area contributed by atoms with Crippen molar-refractivity contribution in [3.05, 3.63) is 29.1 Å². The van der Waals surface area contributed by atoms with Crippen molar-refractivity contribution in [3.8, 4) is 11.4 Å². The van der Waals surface area contributed by atoms with Crippen LogP contribution in [0.4, 0.5) is 17.2 Å². The highest BCUT2D eigenvalue weighted by atomic mass is 32.2. The Hall–Kier alpha value is -2.51. The highest BCUT2D eigenvalue weighted by Gasteiger charge is 2.25. The molecule has 0 spiro atoms. The van der Waals surface area contributed by atoms with E-state index in [1.54, 1.807) is 21.7 Å². The summed E-state index contributed by atoms with van der Waals surface area (Å²) in [5.41, 5.74) is 13.8. The molecule has 0 amide bonds. The third-order valence-corrected chi connectivity index (χ3v) is 8.58. The lowest BCUT2D eigenvalue weighted by Crippen LogP contribution is -2.47. The van der Waals surface area contributed by atoms with E-state index in [1.165, 1.54) is 11.1 Å². The fourth-order valence-electron chi connectivity index (χ4n) is 4.33. The molecule has 0 aliphatic carbocycles. The van der Waals surface area contributed by atoms with E-state index in [1.807, 2.05) is 12.1 Å². The number of nitrogen functional groups attached to an aromatic ring is 2. The Bertz CT molecular complexity index is 1300. The van der Waals surface area contributed by atoms with Gasteiger partial charge in [0.1, 0.15) is 10.6 Å². The van der Waals surface area contributed by atoms with Gasteiger partial charge >= 0.3 is 0 Å². The van der Waals surface area contributed by atoms with E-state index < -0.39 is 10.0 Å². The van der Waals surface area contributed by atoms with Gasteiger partial charge in [0.2, 0.25) is 10.0 Å². The molecule has 1 aromatic carbocycles. The van der Waals surface area contributed by atoms with Gasteiger partial charge < -0.3 is 21.1 Å². The van der Waals surface area contributed by atoms with Crippen molar-refractivity contribution in [1.82, 2.24) is 19.2 Å². The summed E-state index contributed by atoms with van der Waals surface area (Å²) < 4.78 is 30.7. The van der Waals surface area contributed by atoms with E-state index in [0.29, 0.717) is 56.6 Å². The van der Waals surface area contributed by atoms with Crippen molar-refractivity contribution >= 4 is 48.8 Å². The van der Waals surface area contributed by atoms with Gasteiger partial charge in [0, 0.05) is 56.3 Å². The van der Waals surface area contributed by atoms with Gasteiger partial charge in [-0.05, 0) is 24.3 Å². The second-order valence-electron chi connectivity index (χ2n) is 8.68. The molecule has 0 saturated carbocycles. The Morgan fingerprint density at radius 2 is 1.74 bits per heavy atom. The van der Waals surface area contributed by atoms with E-state index in [9.17, 15) is 8.42 Å². The first kappa shape index (κ1) is 23.2. The molecule has 5 rings (SSSR count). The summed E-state index contributed by atoms with van der Waals surface area (Å²) in [6, 6.07) is 7.67. The smallest absolute Gasteiger partial charge is 0.211 e. The maximum Gasteiger partial charge on any atom is 0.211 e. The SMILES string of the molecule is CS(=O)(=O)N1CCN(Cc2cc3c(N4CCOCC4)nc(-c4ccc(N)c(N)c4)nc3s2)CC1. The number of nitrogens with zero attached hydrogens (tertiary/aromatic N) is 5. The number of rotatable bonds is 5. The molecule has 0 bridgehead atoms. The van der Waals surface area contributed by atoms with Gasteiger partial charge in [-0.2, -0.15) is 4.31 Å². The number of piperazine rings is 1. The molecule has 4 N–H and O–H groups in total. The number of fused-ring (bicyclic) bond motifs is 1. The average Bonchev–Trinajstić information content (AvgIpc) is 3.23. The lowest BCUT2D eigenvalue weighted by molar-refractivity contribution is 0.122. The summed E-state index contributed by atoms with van der Waals surface area (Å²) in [7, 11) is -3.14. The first-order valence-electron chi connectivity index (χ1n) is 11.2. The van der Waals surface area contributed by atoms with Crippen LogP contribution in [0.25, 0.3) is 21.6 Å². The number of hydrogen-bond acceptors (Lipinski definition) is 10. The summed E-state index contributed by atoms with van der Waals surface area (Å²) in [5, 5.41) is 1.03. The molecule has 4 heterocycles. The molecule has 0 atom stereocenters. The predicted octanol–water partition coefficient (Wildman–Crippen LogP) is 1.44. The van der Waals surface area contributed by atoms with Gasteiger partial charge in [0.25, 0.3) is 0 Å². The largest absolute Gasteiger partial charge is 0.397 e. The van der Waals surface area contributed by atoms with Crippen LogP contribution in [-0.2, 0) is 21.3 Å². The van der Waals surface area contributed by atoms with E-state index in [4.69, 9.17) is 26.2 Å². The van der Waals surface area contributed by atoms with Crippen molar-refractivity contribution < 1.29 is 13.2 Å². The Balaban J connectivity index is 1.46. The third-order valence-electron chi connectivity index (χ3n) is 6.26. The number of hydrogen-bond donors (Lipinski definition) is 2. The highest BCUT2D eigenvalue weighted by Crippen LogP contribution is 2.35. The minimum Gasteiger partial charge on any atom is -0.397 e. The molecule has 34 heavy (non-hydrogen) atoms. The van der Waals surface area contributed by atoms with Crippen LogP contribution < -0.4 is 16.4 Å². The molecule has 2 aliphatic rings. The summed E-state index contributed by atoms with van der Waals surface area (Å²) >= 11 is 1.65. The first-order valence-corrected chi connectivity index (χ1v) is 13.9. The molecule has 2 aliphatic heterocycles. The molecule has 0 unspecified atom stereocenters. The number of nitrogens with two attached hydrogens (primary N) is 2. The standard InChI is InChI=1S/C22H29N7O3S2/c1-34(30,31)29-6-4-27(5-7-29)14-16-13-17-21(28-8-10-32-11-9-28)25-20(26-22(17)33-16)15-2-3-18(23)19(24)12-15/h2-3,12-13H,4-11,14,23-24H2,1H3. The molecule has 10 nitrogen and oxygen atoms in total. The average molecular weight is 504 g/mol. The van der Waals surface area contributed by atoms with Crippen molar-refractivity contribution in [2.24, 2.45) is 0 Å². The minimum atomic E-state index is -3.14. The number of benzene rings is 1. The van der Waals surface area contributed by atoms with Gasteiger partial charge in [0.05, 0.1) is 36.2 Å². The predicted molar refractivity (Wildman–Crippen MR) is 136 cm³/mol. The second-order valence-corrected chi connectivity index (χ2v) is 11.8. The molecule has 2 fully saturated rings. The molecule has 2 aromatic heterocycles. The maximum absolute atomic E-state index is 11.8. The van der Waals surface area contributed by atoms with Crippen LogP contribution in [0.3, 0.4) is 0 Å². The Labute approximate surface area is 203 Å². The number of aromatic nitrogens is 2. The Morgan fingerprint density at radius 3 is 2.41 bits per heavy atom. The van der Waals surface area contributed by atoms with Gasteiger partial charge in [-0.25, -0.2) is 18.4 Å². The van der Waals surface area contributed by atoms with Crippen LogP contribution >= 0.6 is 11.3 Å². The van der Waals surface area contributed by atoms with Crippen molar-refractivity contribution in [2.45, 2.75) is 6.54 Å². The van der Waals surface area contributed by atoms with Crippen molar-refractivity contribution in [3.63, 3.8) is 0 Å². The van der Waals surface area contributed by atoms with Crippen LogP contribution in [0.5, 0.6) is 0 Å². The maximum atomic E-state index is 11.8. The van der Waals surface area contributed by atoms with Crippen LogP contribution in [0, 0.1) is 0 Å². The van der Waals surface area contributed by atoms with E-state index in [-0.39, 0.29) is 0 Å². The monoisotopic (exact) mass is 503 g/mol. The van der Waals surface area contributed by atoms with Crippen molar-refractivity contribution in [1.29, 1.82) is 0 Å². The van der Waals surface area contributed by atoms with Crippen LogP contribution in [0.2, 0.25) is 0 Å². The van der Waals surface area contributed by atoms with Crippen LogP contribution in [0.1, 0.15) is 4.88 Å². The molecule has 12 heteroatoms.